The molecule has 3 aliphatic rings. The van der Waals surface area contributed by atoms with Gasteiger partial charge in [0.1, 0.15) is 0 Å². The summed E-state index contributed by atoms with van der Waals surface area (Å²) < 4.78 is 5.36. The average Bonchev–Trinajstić information content (AvgIpc) is 3.02. The molecule has 1 aliphatic carbocycles. The van der Waals surface area contributed by atoms with Crippen LogP contribution in [0, 0.1) is 0 Å². The van der Waals surface area contributed by atoms with Gasteiger partial charge in [-0.1, -0.05) is 24.3 Å². The molecule has 0 radical (unpaired) electrons. The molecular weight excluding hydrogens is 342 g/mol. The van der Waals surface area contributed by atoms with E-state index in [0.717, 1.165) is 32.4 Å². The number of carbonyl (C=O) groups excluding carboxylic acids is 2. The number of nitrogens with zero attached hydrogens (tertiary/aromatic N) is 2. The van der Waals surface area contributed by atoms with Gasteiger partial charge in [-0.15, -0.1) is 0 Å². The van der Waals surface area contributed by atoms with Gasteiger partial charge in [-0.3, -0.25) is 4.79 Å². The number of carbonyl (C=O) groups is 2. The van der Waals surface area contributed by atoms with Crippen LogP contribution in [0.2, 0.25) is 0 Å². The molecule has 1 aromatic rings. The van der Waals surface area contributed by atoms with Crippen LogP contribution in [0.25, 0.3) is 0 Å². The standard InChI is InChI=1S/C21H29N3O3/c1-22-19(25)14-16-15-21(18-5-3-2-4-17(16)18)6-8-23(9-7-21)20(26)24-10-12-27-13-11-24/h2-5,16H,6-15H2,1H3,(H,22,25)/t16-/m0/s1. The number of benzene rings is 1. The van der Waals surface area contributed by atoms with Crippen molar-refractivity contribution < 1.29 is 14.3 Å². The normalized spacial score (nSPS) is 24.0. The van der Waals surface area contributed by atoms with Crippen LogP contribution in [0.4, 0.5) is 4.79 Å². The van der Waals surface area contributed by atoms with Gasteiger partial charge < -0.3 is 19.9 Å². The summed E-state index contributed by atoms with van der Waals surface area (Å²) in [6.07, 6.45) is 3.51. The van der Waals surface area contributed by atoms with Gasteiger partial charge in [0.2, 0.25) is 5.91 Å². The quantitative estimate of drug-likeness (QED) is 0.866. The zero-order valence-corrected chi connectivity index (χ0v) is 16.1. The molecule has 27 heavy (non-hydrogen) atoms. The highest BCUT2D eigenvalue weighted by Gasteiger charge is 2.46. The van der Waals surface area contributed by atoms with Gasteiger partial charge in [0.15, 0.2) is 0 Å². The van der Waals surface area contributed by atoms with Crippen molar-refractivity contribution in [1.29, 1.82) is 0 Å². The van der Waals surface area contributed by atoms with Gasteiger partial charge in [-0.2, -0.15) is 0 Å². The lowest BCUT2D eigenvalue weighted by molar-refractivity contribution is -0.121. The highest BCUT2D eigenvalue weighted by Crippen LogP contribution is 2.52. The number of ether oxygens (including phenoxy) is 1. The minimum atomic E-state index is 0.104. The molecule has 1 atom stereocenters. The smallest absolute Gasteiger partial charge is 0.320 e. The second-order valence-electron chi connectivity index (χ2n) is 8.01. The summed E-state index contributed by atoms with van der Waals surface area (Å²) in [5.41, 5.74) is 2.84. The molecule has 4 rings (SSSR count). The van der Waals surface area contributed by atoms with E-state index in [9.17, 15) is 9.59 Å². The minimum Gasteiger partial charge on any atom is -0.378 e. The average molecular weight is 371 g/mol. The van der Waals surface area contributed by atoms with Crippen LogP contribution in [0.15, 0.2) is 24.3 Å². The Labute approximate surface area is 160 Å². The molecule has 0 unspecified atom stereocenters. The summed E-state index contributed by atoms with van der Waals surface area (Å²) in [7, 11) is 1.70. The van der Waals surface area contributed by atoms with E-state index in [4.69, 9.17) is 4.74 Å². The van der Waals surface area contributed by atoms with Gasteiger partial charge in [0.05, 0.1) is 13.2 Å². The van der Waals surface area contributed by atoms with E-state index < -0.39 is 0 Å². The van der Waals surface area contributed by atoms with Crippen molar-refractivity contribution in [3.8, 4) is 0 Å². The molecule has 1 spiro atoms. The number of hydrogen-bond donors (Lipinski definition) is 1. The minimum absolute atomic E-state index is 0.104. The first kappa shape index (κ1) is 18.3. The predicted molar refractivity (Wildman–Crippen MR) is 103 cm³/mol. The fourth-order valence-corrected chi connectivity index (χ4v) is 5.09. The third-order valence-corrected chi connectivity index (χ3v) is 6.59. The largest absolute Gasteiger partial charge is 0.378 e. The molecule has 3 amide bonds. The zero-order valence-electron chi connectivity index (χ0n) is 16.1. The van der Waals surface area contributed by atoms with E-state index in [1.807, 2.05) is 9.80 Å². The molecule has 1 aromatic carbocycles. The maximum absolute atomic E-state index is 12.8. The highest BCUT2D eigenvalue weighted by molar-refractivity contribution is 5.77. The zero-order chi connectivity index (χ0) is 18.9. The molecule has 2 aliphatic heterocycles. The molecule has 1 N–H and O–H groups in total. The van der Waals surface area contributed by atoms with Crippen molar-refractivity contribution in [1.82, 2.24) is 15.1 Å². The number of rotatable bonds is 2. The first-order chi connectivity index (χ1) is 13.1. The first-order valence-corrected chi connectivity index (χ1v) is 10.0. The molecule has 2 saturated heterocycles. The van der Waals surface area contributed by atoms with Crippen LogP contribution >= 0.6 is 0 Å². The van der Waals surface area contributed by atoms with E-state index in [1.165, 1.54) is 11.1 Å². The van der Waals surface area contributed by atoms with E-state index >= 15 is 0 Å². The number of urea groups is 1. The van der Waals surface area contributed by atoms with Crippen LogP contribution in [0.5, 0.6) is 0 Å². The monoisotopic (exact) mass is 371 g/mol. The number of piperidine rings is 1. The maximum atomic E-state index is 12.8. The maximum Gasteiger partial charge on any atom is 0.320 e. The van der Waals surface area contributed by atoms with E-state index in [0.29, 0.717) is 32.7 Å². The first-order valence-electron chi connectivity index (χ1n) is 10.0. The summed E-state index contributed by atoms with van der Waals surface area (Å²) >= 11 is 0. The molecule has 0 saturated carbocycles. The molecule has 6 heteroatoms. The third kappa shape index (κ3) is 3.43. The molecule has 2 heterocycles. The van der Waals surface area contributed by atoms with Crippen LogP contribution in [0.3, 0.4) is 0 Å². The fraction of sp³-hybridized carbons (Fsp3) is 0.619. The molecular formula is C21H29N3O3. The highest BCUT2D eigenvalue weighted by atomic mass is 16.5. The van der Waals surface area contributed by atoms with Crippen LogP contribution in [-0.4, -0.2) is 68.2 Å². The van der Waals surface area contributed by atoms with Crippen LogP contribution in [0.1, 0.15) is 42.7 Å². The van der Waals surface area contributed by atoms with Crippen LogP contribution in [-0.2, 0) is 14.9 Å². The topological polar surface area (TPSA) is 61.9 Å². The number of hydrogen-bond acceptors (Lipinski definition) is 3. The van der Waals surface area contributed by atoms with Gasteiger partial charge in [0, 0.05) is 39.6 Å². The number of amides is 3. The van der Waals surface area contributed by atoms with Crippen molar-refractivity contribution in [2.75, 3.05) is 46.4 Å². The number of fused-ring (bicyclic) bond motifs is 2. The van der Waals surface area contributed by atoms with Crippen molar-refractivity contribution >= 4 is 11.9 Å². The fourth-order valence-electron chi connectivity index (χ4n) is 5.09. The van der Waals surface area contributed by atoms with Crippen molar-refractivity contribution in [2.24, 2.45) is 0 Å². The lowest BCUT2D eigenvalue weighted by Gasteiger charge is -2.42. The van der Waals surface area contributed by atoms with E-state index in [-0.39, 0.29) is 23.3 Å². The summed E-state index contributed by atoms with van der Waals surface area (Å²) in [5, 5.41) is 2.76. The molecule has 146 valence electrons. The molecule has 0 bridgehead atoms. The molecule has 6 nitrogen and oxygen atoms in total. The Bertz CT molecular complexity index is 706. The lowest BCUT2D eigenvalue weighted by atomic mass is 9.73. The Kier molecular flexibility index (Phi) is 5.08. The van der Waals surface area contributed by atoms with E-state index in [2.05, 4.69) is 29.6 Å². The second-order valence-corrected chi connectivity index (χ2v) is 8.01. The Hall–Kier alpha value is -2.08. The molecule has 2 fully saturated rings. The summed E-state index contributed by atoms with van der Waals surface area (Å²) in [4.78, 5) is 28.7. The summed E-state index contributed by atoms with van der Waals surface area (Å²) in [6.45, 7) is 4.24. The number of nitrogens with one attached hydrogen (secondary N) is 1. The van der Waals surface area contributed by atoms with Crippen LogP contribution < -0.4 is 5.32 Å². The van der Waals surface area contributed by atoms with Crippen molar-refractivity contribution in [3.63, 3.8) is 0 Å². The van der Waals surface area contributed by atoms with Gasteiger partial charge >= 0.3 is 6.03 Å². The van der Waals surface area contributed by atoms with Gasteiger partial charge in [-0.05, 0) is 41.7 Å². The summed E-state index contributed by atoms with van der Waals surface area (Å²) in [5.74, 6) is 0.384. The van der Waals surface area contributed by atoms with Crippen molar-refractivity contribution in [3.05, 3.63) is 35.4 Å². The predicted octanol–water partition coefficient (Wildman–Crippen LogP) is 2.10. The Balaban J connectivity index is 1.47. The van der Waals surface area contributed by atoms with Gasteiger partial charge in [-0.25, -0.2) is 4.79 Å². The van der Waals surface area contributed by atoms with E-state index in [1.54, 1.807) is 7.05 Å². The Morgan fingerprint density at radius 2 is 1.78 bits per heavy atom. The number of morpholine rings is 1. The molecule has 0 aromatic heterocycles. The van der Waals surface area contributed by atoms with Crippen molar-refractivity contribution in [2.45, 2.75) is 37.0 Å². The third-order valence-electron chi connectivity index (χ3n) is 6.59. The second kappa shape index (κ2) is 7.50. The Morgan fingerprint density at radius 1 is 1.11 bits per heavy atom. The SMILES string of the molecule is CNC(=O)C[C@H]1CC2(CCN(C(=O)N3CCOCC3)CC2)c2ccccc21. The van der Waals surface area contributed by atoms with Gasteiger partial charge in [0.25, 0.3) is 0 Å². The Morgan fingerprint density at radius 3 is 2.48 bits per heavy atom. The lowest BCUT2D eigenvalue weighted by Crippen LogP contribution is -2.52. The summed E-state index contributed by atoms with van der Waals surface area (Å²) in [6, 6.07) is 8.75. The number of likely N-dealkylation sites (tertiary alicyclic amines) is 1.